The van der Waals surface area contributed by atoms with Crippen molar-refractivity contribution in [3.63, 3.8) is 0 Å². The summed E-state index contributed by atoms with van der Waals surface area (Å²) in [7, 11) is 0. The molecule has 1 heterocycles. The van der Waals surface area contributed by atoms with Crippen LogP contribution in [0.15, 0.2) is 18.3 Å². The van der Waals surface area contributed by atoms with Crippen LogP contribution in [-0.4, -0.2) is 16.4 Å². The van der Waals surface area contributed by atoms with Gasteiger partial charge in [-0.15, -0.1) is 24.8 Å². The van der Waals surface area contributed by atoms with E-state index in [1.165, 1.54) is 0 Å². The van der Waals surface area contributed by atoms with E-state index in [1.54, 1.807) is 19.2 Å². The highest BCUT2D eigenvalue weighted by Crippen LogP contribution is 2.13. The summed E-state index contributed by atoms with van der Waals surface area (Å²) in [6.45, 7) is 5.64. The van der Waals surface area contributed by atoms with Crippen LogP contribution in [0.5, 0.6) is 0 Å². The third kappa shape index (κ3) is 5.67. The molecule has 1 amide bonds. The minimum Gasteiger partial charge on any atom is -0.324 e. The summed E-state index contributed by atoms with van der Waals surface area (Å²) in [6.07, 6.45) is 3.22. The maximum Gasteiger partial charge on any atom is 0.244 e. The molecule has 0 bridgehead atoms. The van der Waals surface area contributed by atoms with Crippen LogP contribution < -0.4 is 11.1 Å². The lowest BCUT2D eigenvalue weighted by Gasteiger charge is -2.22. The lowest BCUT2D eigenvalue weighted by Crippen LogP contribution is -2.48. The molecule has 0 aliphatic carbocycles. The highest BCUT2D eigenvalue weighted by atomic mass is 35.5. The first-order chi connectivity index (χ1) is 7.45. The Kier molecular flexibility index (Phi) is 8.99. The van der Waals surface area contributed by atoms with Crippen LogP contribution in [0.3, 0.4) is 0 Å². The Morgan fingerprint density at radius 1 is 1.50 bits per heavy atom. The average Bonchev–Trinajstić information content (AvgIpc) is 2.17. The van der Waals surface area contributed by atoms with Crippen LogP contribution in [0, 0.1) is 6.92 Å². The molecule has 1 aromatic heterocycles. The molecular weight excluding hydrogens is 273 g/mol. The van der Waals surface area contributed by atoms with Gasteiger partial charge in [0.15, 0.2) is 0 Å². The fourth-order valence-electron chi connectivity index (χ4n) is 1.53. The number of hydrogen-bond acceptors (Lipinski definition) is 3. The number of rotatable bonds is 4. The molecule has 0 fully saturated rings. The number of anilines is 1. The first-order valence-electron chi connectivity index (χ1n) is 5.48. The SMILES string of the molecule is CCCC(C)(N)C(=O)Nc1ccnc(C)c1.Cl.Cl. The van der Waals surface area contributed by atoms with Gasteiger partial charge in [-0.25, -0.2) is 0 Å². The highest BCUT2D eigenvalue weighted by Gasteiger charge is 2.27. The van der Waals surface area contributed by atoms with Gasteiger partial charge in [0, 0.05) is 17.6 Å². The van der Waals surface area contributed by atoms with E-state index >= 15 is 0 Å². The van der Waals surface area contributed by atoms with Gasteiger partial charge in [-0.2, -0.15) is 0 Å². The van der Waals surface area contributed by atoms with Gasteiger partial charge >= 0.3 is 0 Å². The largest absolute Gasteiger partial charge is 0.324 e. The molecule has 0 aromatic carbocycles. The number of amides is 1. The number of halogens is 2. The predicted octanol–water partition coefficient (Wildman–Crippen LogP) is 2.69. The fourth-order valence-corrected chi connectivity index (χ4v) is 1.53. The maximum absolute atomic E-state index is 11.9. The van der Waals surface area contributed by atoms with E-state index in [4.69, 9.17) is 5.73 Å². The Morgan fingerprint density at radius 3 is 2.61 bits per heavy atom. The first-order valence-corrected chi connectivity index (χ1v) is 5.48. The minimum atomic E-state index is -0.814. The monoisotopic (exact) mass is 293 g/mol. The maximum atomic E-state index is 11.9. The van der Waals surface area contributed by atoms with E-state index in [9.17, 15) is 4.79 Å². The molecule has 104 valence electrons. The molecule has 1 rings (SSSR count). The van der Waals surface area contributed by atoms with E-state index < -0.39 is 5.54 Å². The molecule has 1 unspecified atom stereocenters. The first kappa shape index (κ1) is 19.5. The second kappa shape index (κ2) is 8.29. The van der Waals surface area contributed by atoms with Crippen LogP contribution in [0.25, 0.3) is 0 Å². The Bertz CT molecular complexity index is 383. The number of aromatic nitrogens is 1. The zero-order valence-electron chi connectivity index (χ0n) is 10.9. The topological polar surface area (TPSA) is 68.0 Å². The summed E-state index contributed by atoms with van der Waals surface area (Å²) < 4.78 is 0. The number of carbonyl (C=O) groups excluding carboxylic acids is 1. The molecule has 18 heavy (non-hydrogen) atoms. The summed E-state index contributed by atoms with van der Waals surface area (Å²) in [5.74, 6) is -0.153. The molecule has 1 aromatic rings. The lowest BCUT2D eigenvalue weighted by atomic mass is 9.96. The third-order valence-corrected chi connectivity index (χ3v) is 2.44. The van der Waals surface area contributed by atoms with Crippen molar-refractivity contribution in [1.82, 2.24) is 4.98 Å². The molecule has 0 aliphatic heterocycles. The highest BCUT2D eigenvalue weighted by molar-refractivity contribution is 5.97. The van der Waals surface area contributed by atoms with E-state index in [0.29, 0.717) is 6.42 Å². The number of nitrogens with zero attached hydrogens (tertiary/aromatic N) is 1. The Balaban J connectivity index is 0. The molecule has 0 aliphatic rings. The van der Waals surface area contributed by atoms with Crippen molar-refractivity contribution in [2.45, 2.75) is 39.2 Å². The zero-order chi connectivity index (χ0) is 12.2. The fraction of sp³-hybridized carbons (Fsp3) is 0.500. The molecule has 0 saturated carbocycles. The van der Waals surface area contributed by atoms with Crippen LogP contribution in [0.1, 0.15) is 32.4 Å². The van der Waals surface area contributed by atoms with Gasteiger partial charge in [-0.05, 0) is 32.4 Å². The van der Waals surface area contributed by atoms with Crippen molar-refractivity contribution in [3.05, 3.63) is 24.0 Å². The zero-order valence-corrected chi connectivity index (χ0v) is 12.5. The Morgan fingerprint density at radius 2 is 2.11 bits per heavy atom. The average molecular weight is 294 g/mol. The molecule has 3 N–H and O–H groups in total. The normalized spacial score (nSPS) is 12.7. The molecular formula is C12H21Cl2N3O. The van der Waals surface area contributed by atoms with E-state index in [2.05, 4.69) is 10.3 Å². The standard InChI is InChI=1S/C12H19N3O.2ClH/c1-4-6-12(3,13)11(16)15-10-5-7-14-9(2)8-10;;/h5,7-8H,4,6,13H2,1-3H3,(H,14,15,16);2*1H. The van der Waals surface area contributed by atoms with E-state index in [0.717, 1.165) is 17.8 Å². The summed E-state index contributed by atoms with van der Waals surface area (Å²) in [5, 5.41) is 2.80. The van der Waals surface area contributed by atoms with Crippen LogP contribution in [-0.2, 0) is 4.79 Å². The van der Waals surface area contributed by atoms with E-state index in [1.807, 2.05) is 19.9 Å². The van der Waals surface area contributed by atoms with Crippen LogP contribution in [0.2, 0.25) is 0 Å². The van der Waals surface area contributed by atoms with Gasteiger partial charge in [0.05, 0.1) is 5.54 Å². The van der Waals surface area contributed by atoms with Crippen LogP contribution >= 0.6 is 24.8 Å². The summed E-state index contributed by atoms with van der Waals surface area (Å²) in [5.41, 5.74) is 6.72. The molecule has 0 saturated heterocycles. The predicted molar refractivity (Wildman–Crippen MR) is 79.6 cm³/mol. The number of nitrogens with two attached hydrogens (primary N) is 1. The van der Waals surface area contributed by atoms with Gasteiger partial charge in [0.25, 0.3) is 0 Å². The van der Waals surface area contributed by atoms with Crippen LogP contribution in [0.4, 0.5) is 5.69 Å². The molecule has 6 heteroatoms. The van der Waals surface area contributed by atoms with Gasteiger partial charge in [-0.1, -0.05) is 13.3 Å². The Hall–Kier alpha value is -0.840. The van der Waals surface area contributed by atoms with Gasteiger partial charge in [-0.3, -0.25) is 9.78 Å². The van der Waals surface area contributed by atoms with Crippen molar-refractivity contribution in [2.75, 3.05) is 5.32 Å². The van der Waals surface area contributed by atoms with Crippen molar-refractivity contribution < 1.29 is 4.79 Å². The second-order valence-electron chi connectivity index (χ2n) is 4.31. The number of hydrogen-bond donors (Lipinski definition) is 2. The molecule has 0 spiro atoms. The van der Waals surface area contributed by atoms with Gasteiger partial charge in [0.2, 0.25) is 5.91 Å². The lowest BCUT2D eigenvalue weighted by molar-refractivity contribution is -0.120. The van der Waals surface area contributed by atoms with E-state index in [-0.39, 0.29) is 30.7 Å². The number of pyridine rings is 1. The van der Waals surface area contributed by atoms with Crippen molar-refractivity contribution in [3.8, 4) is 0 Å². The van der Waals surface area contributed by atoms with Crippen molar-refractivity contribution in [1.29, 1.82) is 0 Å². The summed E-state index contributed by atoms with van der Waals surface area (Å²) in [4.78, 5) is 15.9. The molecule has 4 nitrogen and oxygen atoms in total. The minimum absolute atomic E-state index is 0. The molecule has 1 atom stereocenters. The Labute approximate surface area is 121 Å². The molecule has 0 radical (unpaired) electrons. The van der Waals surface area contributed by atoms with Gasteiger partial charge in [0.1, 0.15) is 0 Å². The summed E-state index contributed by atoms with van der Waals surface area (Å²) in [6, 6.07) is 3.58. The smallest absolute Gasteiger partial charge is 0.244 e. The number of carbonyl (C=O) groups is 1. The third-order valence-electron chi connectivity index (χ3n) is 2.44. The van der Waals surface area contributed by atoms with Gasteiger partial charge < -0.3 is 11.1 Å². The van der Waals surface area contributed by atoms with Crippen molar-refractivity contribution >= 4 is 36.4 Å². The van der Waals surface area contributed by atoms with Crippen molar-refractivity contribution in [2.24, 2.45) is 5.73 Å². The number of nitrogens with one attached hydrogen (secondary N) is 1. The quantitative estimate of drug-likeness (QED) is 0.897. The number of aryl methyl sites for hydroxylation is 1. The summed E-state index contributed by atoms with van der Waals surface area (Å²) >= 11 is 0. The second-order valence-corrected chi connectivity index (χ2v) is 4.31.